The molecule has 0 bridgehead atoms. The fraction of sp³-hybridized carbons (Fsp3) is 0.500. The van der Waals surface area contributed by atoms with Crippen molar-refractivity contribution in [1.29, 1.82) is 0 Å². The normalized spacial score (nSPS) is 17.2. The van der Waals surface area contributed by atoms with Crippen LogP contribution in [-0.4, -0.2) is 48.5 Å². The first-order valence-corrected chi connectivity index (χ1v) is 14.9. The van der Waals surface area contributed by atoms with Crippen molar-refractivity contribution in [1.82, 2.24) is 14.5 Å². The van der Waals surface area contributed by atoms with E-state index in [0.717, 1.165) is 72.4 Å². The molecule has 1 saturated heterocycles. The van der Waals surface area contributed by atoms with Crippen LogP contribution in [-0.2, 0) is 16.2 Å². The fourth-order valence-corrected chi connectivity index (χ4v) is 4.67. The Kier molecular flexibility index (Phi) is 6.74. The Morgan fingerprint density at radius 3 is 2.84 bits per heavy atom. The van der Waals surface area contributed by atoms with Crippen molar-refractivity contribution < 1.29 is 9.47 Å². The third-order valence-corrected chi connectivity index (χ3v) is 7.41. The highest BCUT2D eigenvalue weighted by Crippen LogP contribution is 2.30. The van der Waals surface area contributed by atoms with Gasteiger partial charge in [-0.1, -0.05) is 19.6 Å². The SMILES string of the molecule is Cc1cc(-c2cc3cnc(NC4CCCOC4)cc3n2COCC[Si](C)(C)C)ccn1. The lowest BCUT2D eigenvalue weighted by atomic mass is 10.1. The summed E-state index contributed by atoms with van der Waals surface area (Å²) in [5.41, 5.74) is 4.42. The summed E-state index contributed by atoms with van der Waals surface area (Å²) in [5, 5.41) is 4.67. The monoisotopic (exact) mass is 438 g/mol. The number of nitrogens with zero attached hydrogens (tertiary/aromatic N) is 3. The topological polar surface area (TPSA) is 61.2 Å². The third kappa shape index (κ3) is 5.73. The molecule has 1 unspecified atom stereocenters. The molecule has 6 nitrogen and oxygen atoms in total. The van der Waals surface area contributed by atoms with Crippen LogP contribution in [0, 0.1) is 6.92 Å². The molecule has 0 radical (unpaired) electrons. The minimum atomic E-state index is -1.13. The molecule has 0 saturated carbocycles. The predicted octanol–water partition coefficient (Wildman–Crippen LogP) is 5.31. The Labute approximate surface area is 186 Å². The summed E-state index contributed by atoms with van der Waals surface area (Å²) in [6.07, 6.45) is 6.03. The largest absolute Gasteiger partial charge is 0.379 e. The minimum absolute atomic E-state index is 0.317. The number of anilines is 1. The highest BCUT2D eigenvalue weighted by atomic mass is 28.3. The summed E-state index contributed by atoms with van der Waals surface area (Å²) in [7, 11) is -1.13. The second-order valence-electron chi connectivity index (χ2n) is 9.68. The van der Waals surface area contributed by atoms with Crippen molar-refractivity contribution in [3.05, 3.63) is 42.4 Å². The predicted molar refractivity (Wildman–Crippen MR) is 129 cm³/mol. The highest BCUT2D eigenvalue weighted by molar-refractivity contribution is 6.76. The molecule has 166 valence electrons. The van der Waals surface area contributed by atoms with Crippen LogP contribution in [0.4, 0.5) is 5.82 Å². The van der Waals surface area contributed by atoms with Crippen LogP contribution in [0.5, 0.6) is 0 Å². The van der Waals surface area contributed by atoms with E-state index in [9.17, 15) is 0 Å². The molecule has 1 fully saturated rings. The summed E-state index contributed by atoms with van der Waals surface area (Å²) in [4.78, 5) is 9.03. The van der Waals surface area contributed by atoms with Crippen LogP contribution in [0.2, 0.25) is 25.7 Å². The zero-order valence-corrected chi connectivity index (χ0v) is 20.1. The molecule has 1 aliphatic heterocycles. The molecular weight excluding hydrogens is 404 g/mol. The number of fused-ring (bicyclic) bond motifs is 1. The van der Waals surface area contributed by atoms with Crippen molar-refractivity contribution >= 4 is 24.8 Å². The van der Waals surface area contributed by atoms with E-state index in [4.69, 9.17) is 9.47 Å². The maximum atomic E-state index is 6.17. The maximum absolute atomic E-state index is 6.17. The van der Waals surface area contributed by atoms with Gasteiger partial charge < -0.3 is 19.4 Å². The van der Waals surface area contributed by atoms with Crippen molar-refractivity contribution in [2.75, 3.05) is 25.1 Å². The lowest BCUT2D eigenvalue weighted by Crippen LogP contribution is -2.30. The van der Waals surface area contributed by atoms with E-state index in [-0.39, 0.29) is 0 Å². The van der Waals surface area contributed by atoms with E-state index >= 15 is 0 Å². The Hall–Kier alpha value is -2.22. The number of hydrogen-bond acceptors (Lipinski definition) is 5. The van der Waals surface area contributed by atoms with Gasteiger partial charge in [0, 0.05) is 56.4 Å². The molecule has 0 aromatic carbocycles. The number of pyridine rings is 2. The van der Waals surface area contributed by atoms with Crippen molar-refractivity contribution in [2.45, 2.75) is 58.2 Å². The first-order chi connectivity index (χ1) is 14.9. The number of aromatic nitrogens is 3. The highest BCUT2D eigenvalue weighted by Gasteiger charge is 2.17. The van der Waals surface area contributed by atoms with Crippen LogP contribution in [0.15, 0.2) is 36.7 Å². The summed E-state index contributed by atoms with van der Waals surface area (Å²) >= 11 is 0. The summed E-state index contributed by atoms with van der Waals surface area (Å²) in [6, 6.07) is 10.0. The van der Waals surface area contributed by atoms with Gasteiger partial charge in [0.15, 0.2) is 0 Å². The fourth-order valence-electron chi connectivity index (χ4n) is 3.92. The van der Waals surface area contributed by atoms with Crippen LogP contribution < -0.4 is 5.32 Å². The number of ether oxygens (including phenoxy) is 2. The second-order valence-corrected chi connectivity index (χ2v) is 15.3. The number of rotatable bonds is 8. The van der Waals surface area contributed by atoms with Gasteiger partial charge in [-0.3, -0.25) is 4.98 Å². The first kappa shape index (κ1) is 22.0. The lowest BCUT2D eigenvalue weighted by Gasteiger charge is -2.23. The van der Waals surface area contributed by atoms with Crippen LogP contribution in [0.25, 0.3) is 22.2 Å². The molecular formula is C24H34N4O2Si. The van der Waals surface area contributed by atoms with E-state index in [2.05, 4.69) is 63.8 Å². The molecule has 7 heteroatoms. The van der Waals surface area contributed by atoms with Crippen molar-refractivity contribution in [2.24, 2.45) is 0 Å². The number of nitrogens with one attached hydrogen (secondary N) is 1. The molecule has 3 aromatic heterocycles. The summed E-state index contributed by atoms with van der Waals surface area (Å²) in [5.74, 6) is 0.891. The molecule has 4 heterocycles. The third-order valence-electron chi connectivity index (χ3n) is 5.71. The van der Waals surface area contributed by atoms with E-state index < -0.39 is 8.07 Å². The molecule has 3 aromatic rings. The van der Waals surface area contributed by atoms with Gasteiger partial charge in [-0.2, -0.15) is 0 Å². The van der Waals surface area contributed by atoms with Crippen LogP contribution in [0.1, 0.15) is 18.5 Å². The van der Waals surface area contributed by atoms with E-state index in [0.29, 0.717) is 12.8 Å². The molecule has 1 aliphatic rings. The summed E-state index contributed by atoms with van der Waals surface area (Å²) < 4.78 is 14.0. The van der Waals surface area contributed by atoms with Gasteiger partial charge in [0.1, 0.15) is 12.5 Å². The molecule has 4 rings (SSSR count). The molecule has 0 spiro atoms. The lowest BCUT2D eigenvalue weighted by molar-refractivity contribution is 0.0875. The zero-order chi connectivity index (χ0) is 21.8. The molecule has 0 aliphatic carbocycles. The zero-order valence-electron chi connectivity index (χ0n) is 19.1. The standard InChI is InChI=1S/C24H34N4O2Si/c1-18-12-19(7-8-25-18)22-13-20-15-26-24(27-21-6-5-9-29-16-21)14-23(20)28(22)17-30-10-11-31(2,3)4/h7-8,12-15,21H,5-6,9-11,16-17H2,1-4H3,(H,26,27). The smallest absolute Gasteiger partial charge is 0.128 e. The average Bonchev–Trinajstić information content (AvgIpc) is 3.09. The van der Waals surface area contributed by atoms with Crippen LogP contribution >= 0.6 is 0 Å². The minimum Gasteiger partial charge on any atom is -0.379 e. The van der Waals surface area contributed by atoms with E-state index in [1.54, 1.807) is 0 Å². The quantitative estimate of drug-likeness (QED) is 0.381. The van der Waals surface area contributed by atoms with E-state index in [1.165, 1.54) is 0 Å². The number of aryl methyl sites for hydroxylation is 1. The Morgan fingerprint density at radius 1 is 1.23 bits per heavy atom. The summed E-state index contributed by atoms with van der Waals surface area (Å²) in [6.45, 7) is 12.1. The van der Waals surface area contributed by atoms with Gasteiger partial charge in [0.05, 0.1) is 23.9 Å². The molecule has 0 amide bonds. The second kappa shape index (κ2) is 9.50. The van der Waals surface area contributed by atoms with Crippen molar-refractivity contribution in [3.63, 3.8) is 0 Å². The van der Waals surface area contributed by atoms with Gasteiger partial charge in [-0.25, -0.2) is 4.98 Å². The maximum Gasteiger partial charge on any atom is 0.128 e. The Balaban J connectivity index is 1.64. The Bertz CT molecular complexity index is 1020. The van der Waals surface area contributed by atoms with Crippen molar-refractivity contribution in [3.8, 4) is 11.3 Å². The molecule has 31 heavy (non-hydrogen) atoms. The van der Waals surface area contributed by atoms with Gasteiger partial charge in [-0.15, -0.1) is 0 Å². The van der Waals surface area contributed by atoms with Crippen LogP contribution in [0.3, 0.4) is 0 Å². The molecule has 1 N–H and O–H groups in total. The number of hydrogen-bond donors (Lipinski definition) is 1. The van der Waals surface area contributed by atoms with Gasteiger partial charge in [-0.05, 0) is 44.0 Å². The Morgan fingerprint density at radius 2 is 2.10 bits per heavy atom. The van der Waals surface area contributed by atoms with E-state index in [1.807, 2.05) is 19.3 Å². The average molecular weight is 439 g/mol. The first-order valence-electron chi connectivity index (χ1n) is 11.2. The molecule has 1 atom stereocenters. The van der Waals surface area contributed by atoms with Gasteiger partial charge in [0.25, 0.3) is 0 Å². The van der Waals surface area contributed by atoms with Gasteiger partial charge >= 0.3 is 0 Å². The van der Waals surface area contributed by atoms with Gasteiger partial charge in [0.2, 0.25) is 0 Å².